The van der Waals surface area contributed by atoms with Gasteiger partial charge in [-0.3, -0.25) is 4.79 Å². The maximum Gasteiger partial charge on any atom is 0.226 e. The second-order valence-electron chi connectivity index (χ2n) is 6.64. The number of amides is 1. The van der Waals surface area contributed by atoms with Gasteiger partial charge in [-0.2, -0.15) is 0 Å². The van der Waals surface area contributed by atoms with Gasteiger partial charge in [-0.15, -0.1) is 11.3 Å². The summed E-state index contributed by atoms with van der Waals surface area (Å²) in [5, 5.41) is 4.94. The maximum absolute atomic E-state index is 12.3. The number of hydrogen-bond donors (Lipinski definition) is 2. The zero-order chi connectivity index (χ0) is 16.5. The van der Waals surface area contributed by atoms with Crippen LogP contribution in [-0.2, 0) is 24.1 Å². The van der Waals surface area contributed by atoms with Crippen LogP contribution in [0.3, 0.4) is 0 Å². The van der Waals surface area contributed by atoms with Crippen LogP contribution in [0, 0.1) is 5.92 Å². The molecule has 0 aliphatic heterocycles. The number of carbonyl (C=O) groups excluding carboxylic acids is 1. The van der Waals surface area contributed by atoms with Crippen molar-refractivity contribution in [3.8, 4) is 0 Å². The molecule has 2 heterocycles. The molecule has 3 aromatic rings. The molecule has 0 saturated heterocycles. The number of fused-ring (bicyclic) bond motifs is 2. The van der Waals surface area contributed by atoms with Gasteiger partial charge in [-0.25, -0.2) is 4.98 Å². The lowest BCUT2D eigenvalue weighted by molar-refractivity contribution is -0.116. The van der Waals surface area contributed by atoms with E-state index in [0.717, 1.165) is 35.8 Å². The lowest BCUT2D eigenvalue weighted by Gasteiger charge is -2.15. The molecule has 1 aliphatic rings. The smallest absolute Gasteiger partial charge is 0.226 e. The fourth-order valence-corrected chi connectivity index (χ4v) is 4.55. The summed E-state index contributed by atoms with van der Waals surface area (Å²) >= 11 is 1.64. The van der Waals surface area contributed by atoms with Gasteiger partial charge in [0.1, 0.15) is 0 Å². The van der Waals surface area contributed by atoms with Gasteiger partial charge in [0, 0.05) is 28.4 Å². The molecule has 0 spiro atoms. The quantitative estimate of drug-likeness (QED) is 0.744. The Balaban J connectivity index is 1.39. The number of para-hydroxylation sites is 1. The standard InChI is InChI=1S/C19H21N3OS/c1-12-6-8-16-17(10-12)24-19(21-16)22-18(23)9-7-13-11-20-15-5-3-2-4-14(13)15/h2-5,11-12,20H,6-10H2,1H3,(H,21,22,23)/t12-/m0/s1. The van der Waals surface area contributed by atoms with Crippen LogP contribution in [0.4, 0.5) is 5.13 Å². The number of aromatic amines is 1. The van der Waals surface area contributed by atoms with Gasteiger partial charge in [-0.1, -0.05) is 25.1 Å². The molecule has 24 heavy (non-hydrogen) atoms. The summed E-state index contributed by atoms with van der Waals surface area (Å²) in [5.74, 6) is 0.766. The summed E-state index contributed by atoms with van der Waals surface area (Å²) in [6, 6.07) is 8.19. The summed E-state index contributed by atoms with van der Waals surface area (Å²) in [6.07, 6.45) is 6.54. The van der Waals surface area contributed by atoms with E-state index in [9.17, 15) is 4.79 Å². The number of hydrogen-bond acceptors (Lipinski definition) is 3. The van der Waals surface area contributed by atoms with E-state index in [4.69, 9.17) is 0 Å². The summed E-state index contributed by atoms with van der Waals surface area (Å²) < 4.78 is 0. The first-order valence-corrected chi connectivity index (χ1v) is 9.34. The first-order chi connectivity index (χ1) is 11.7. The molecule has 0 fully saturated rings. The molecule has 0 saturated carbocycles. The minimum Gasteiger partial charge on any atom is -0.361 e. The molecule has 1 aromatic carbocycles. The van der Waals surface area contributed by atoms with E-state index in [1.807, 2.05) is 18.3 Å². The molecule has 4 nitrogen and oxygen atoms in total. The normalized spacial score (nSPS) is 17.0. The van der Waals surface area contributed by atoms with Crippen molar-refractivity contribution in [3.63, 3.8) is 0 Å². The molecule has 0 bridgehead atoms. The second-order valence-corrected chi connectivity index (χ2v) is 7.73. The van der Waals surface area contributed by atoms with Crippen LogP contribution in [-0.4, -0.2) is 15.9 Å². The molecular weight excluding hydrogens is 318 g/mol. The van der Waals surface area contributed by atoms with Crippen LogP contribution in [0.5, 0.6) is 0 Å². The molecule has 1 aliphatic carbocycles. The SMILES string of the molecule is C[C@H]1CCc2nc(NC(=O)CCc3c[nH]c4ccccc34)sc2C1. The largest absolute Gasteiger partial charge is 0.361 e. The van der Waals surface area contributed by atoms with Crippen LogP contribution >= 0.6 is 11.3 Å². The first-order valence-electron chi connectivity index (χ1n) is 8.52. The van der Waals surface area contributed by atoms with Gasteiger partial charge in [0.05, 0.1) is 5.69 Å². The molecule has 5 heteroatoms. The highest BCUT2D eigenvalue weighted by Crippen LogP contribution is 2.32. The fourth-order valence-electron chi connectivity index (χ4n) is 3.36. The number of nitrogens with one attached hydrogen (secondary N) is 2. The van der Waals surface area contributed by atoms with Crippen molar-refractivity contribution >= 4 is 33.3 Å². The molecule has 4 rings (SSSR count). The van der Waals surface area contributed by atoms with Crippen LogP contribution in [0.2, 0.25) is 0 Å². The number of benzene rings is 1. The van der Waals surface area contributed by atoms with E-state index in [1.165, 1.54) is 27.9 Å². The van der Waals surface area contributed by atoms with E-state index in [-0.39, 0.29) is 5.91 Å². The van der Waals surface area contributed by atoms with Gasteiger partial charge in [0.15, 0.2) is 5.13 Å². The Hall–Kier alpha value is -2.14. The van der Waals surface area contributed by atoms with Crippen molar-refractivity contribution < 1.29 is 4.79 Å². The minimum absolute atomic E-state index is 0.0411. The number of aromatic nitrogens is 2. The summed E-state index contributed by atoms with van der Waals surface area (Å²) in [4.78, 5) is 21.5. The zero-order valence-corrected chi connectivity index (χ0v) is 14.6. The third-order valence-corrected chi connectivity index (χ3v) is 5.76. The zero-order valence-electron chi connectivity index (χ0n) is 13.8. The molecule has 1 amide bonds. The van der Waals surface area contributed by atoms with Gasteiger partial charge in [0.25, 0.3) is 0 Å². The Bertz CT molecular complexity index is 880. The number of nitrogens with zero attached hydrogens (tertiary/aromatic N) is 1. The first kappa shape index (κ1) is 15.4. The fraction of sp³-hybridized carbons (Fsp3) is 0.368. The van der Waals surface area contributed by atoms with Gasteiger partial charge in [-0.05, 0) is 43.2 Å². The summed E-state index contributed by atoms with van der Waals surface area (Å²) in [5.41, 5.74) is 3.49. The Kier molecular flexibility index (Phi) is 4.10. The van der Waals surface area contributed by atoms with Gasteiger partial charge in [0.2, 0.25) is 5.91 Å². The number of thiazole rings is 1. The summed E-state index contributed by atoms with van der Waals surface area (Å²) in [6.45, 7) is 2.28. The van der Waals surface area contributed by atoms with E-state index >= 15 is 0 Å². The predicted octanol–water partition coefficient (Wildman–Crippen LogP) is 4.32. The number of anilines is 1. The van der Waals surface area contributed by atoms with Gasteiger partial charge < -0.3 is 10.3 Å². The number of carbonyl (C=O) groups is 1. The maximum atomic E-state index is 12.3. The average molecular weight is 339 g/mol. The van der Waals surface area contributed by atoms with E-state index in [1.54, 1.807) is 11.3 Å². The Morgan fingerprint density at radius 3 is 3.21 bits per heavy atom. The number of rotatable bonds is 4. The number of H-pyrrole nitrogens is 1. The highest BCUT2D eigenvalue weighted by atomic mass is 32.1. The monoisotopic (exact) mass is 339 g/mol. The Morgan fingerprint density at radius 2 is 2.29 bits per heavy atom. The third kappa shape index (κ3) is 3.08. The van der Waals surface area contributed by atoms with Gasteiger partial charge >= 0.3 is 0 Å². The van der Waals surface area contributed by atoms with Crippen molar-refractivity contribution in [2.45, 2.75) is 39.0 Å². The Labute approximate surface area is 145 Å². The molecule has 2 N–H and O–H groups in total. The lowest BCUT2D eigenvalue weighted by atomic mass is 9.93. The van der Waals surface area contributed by atoms with Crippen molar-refractivity contribution in [2.75, 3.05) is 5.32 Å². The minimum atomic E-state index is 0.0411. The molecular formula is C19H21N3OS. The van der Waals surface area contributed by atoms with Crippen molar-refractivity contribution in [1.29, 1.82) is 0 Å². The topological polar surface area (TPSA) is 57.8 Å². The van der Waals surface area contributed by atoms with Crippen molar-refractivity contribution in [2.24, 2.45) is 5.92 Å². The number of aryl methyl sites for hydroxylation is 2. The van der Waals surface area contributed by atoms with Crippen LogP contribution < -0.4 is 5.32 Å². The van der Waals surface area contributed by atoms with E-state index < -0.39 is 0 Å². The second kappa shape index (κ2) is 6.40. The van der Waals surface area contributed by atoms with Crippen molar-refractivity contribution in [1.82, 2.24) is 9.97 Å². The van der Waals surface area contributed by atoms with E-state index in [0.29, 0.717) is 6.42 Å². The van der Waals surface area contributed by atoms with E-state index in [2.05, 4.69) is 34.3 Å². The lowest BCUT2D eigenvalue weighted by Crippen LogP contribution is -2.12. The third-order valence-electron chi connectivity index (χ3n) is 4.73. The molecule has 0 radical (unpaired) electrons. The van der Waals surface area contributed by atoms with Crippen molar-refractivity contribution in [3.05, 3.63) is 46.6 Å². The molecule has 1 atom stereocenters. The molecule has 2 aromatic heterocycles. The highest BCUT2D eigenvalue weighted by Gasteiger charge is 2.20. The predicted molar refractivity (Wildman–Crippen MR) is 98.6 cm³/mol. The molecule has 124 valence electrons. The van der Waals surface area contributed by atoms with Crippen LogP contribution in [0.15, 0.2) is 30.5 Å². The van der Waals surface area contributed by atoms with Crippen LogP contribution in [0.1, 0.15) is 35.9 Å². The highest BCUT2D eigenvalue weighted by molar-refractivity contribution is 7.15. The summed E-state index contributed by atoms with van der Waals surface area (Å²) in [7, 11) is 0. The van der Waals surface area contributed by atoms with Crippen LogP contribution in [0.25, 0.3) is 10.9 Å². The molecule has 0 unspecified atom stereocenters. The Morgan fingerprint density at radius 1 is 1.42 bits per heavy atom. The average Bonchev–Trinajstić information content (AvgIpc) is 3.16.